The zero-order chi connectivity index (χ0) is 19.6. The monoisotopic (exact) mass is 398 g/mol. The molecule has 1 N–H and O–H groups in total. The number of esters is 1. The second-order valence-corrected chi connectivity index (χ2v) is 7.88. The Labute approximate surface area is 159 Å². The molecule has 1 amide bonds. The van der Waals surface area contributed by atoms with Crippen molar-refractivity contribution < 1.29 is 27.9 Å². The molecular formula is C18H20F2N2O4S. The highest BCUT2D eigenvalue weighted by molar-refractivity contribution is 8.01. The number of oxime groups is 1. The molecule has 2 heterocycles. The molecule has 0 spiro atoms. The van der Waals surface area contributed by atoms with Gasteiger partial charge in [0, 0.05) is 24.1 Å². The highest BCUT2D eigenvalue weighted by Gasteiger charge is 2.59. The number of hydrogen-bond acceptors (Lipinski definition) is 6. The number of nitrogens with zero attached hydrogens (tertiary/aromatic N) is 1. The van der Waals surface area contributed by atoms with Crippen LogP contribution in [0.5, 0.6) is 0 Å². The third-order valence-corrected chi connectivity index (χ3v) is 6.07. The van der Waals surface area contributed by atoms with Gasteiger partial charge < -0.3 is 14.9 Å². The number of fused-ring (bicyclic) bond motifs is 1. The molecule has 1 aromatic rings. The van der Waals surface area contributed by atoms with Crippen LogP contribution in [0.1, 0.15) is 31.7 Å². The molecular weight excluding hydrogens is 378 g/mol. The van der Waals surface area contributed by atoms with Crippen LogP contribution in [0.3, 0.4) is 0 Å². The fraction of sp³-hybridized carbons (Fsp3) is 0.500. The molecule has 0 bridgehead atoms. The zero-order valence-corrected chi connectivity index (χ0v) is 15.8. The lowest BCUT2D eigenvalue weighted by Gasteiger charge is -2.26. The normalized spacial score (nSPS) is 24.6. The van der Waals surface area contributed by atoms with E-state index < -0.39 is 22.5 Å². The van der Waals surface area contributed by atoms with Crippen molar-refractivity contribution in [3.63, 3.8) is 0 Å². The van der Waals surface area contributed by atoms with Gasteiger partial charge in [0.15, 0.2) is 0 Å². The van der Waals surface area contributed by atoms with E-state index in [0.29, 0.717) is 24.3 Å². The molecule has 1 fully saturated rings. The summed E-state index contributed by atoms with van der Waals surface area (Å²) in [4.78, 5) is 28.4. The minimum absolute atomic E-state index is 0.187. The number of halogens is 2. The topological polar surface area (TPSA) is 77.0 Å². The predicted octanol–water partition coefficient (Wildman–Crippen LogP) is 2.61. The van der Waals surface area contributed by atoms with Gasteiger partial charge in [0.05, 0.1) is 18.7 Å². The number of carbonyl (C=O) groups is 2. The van der Waals surface area contributed by atoms with E-state index in [-0.39, 0.29) is 29.9 Å². The SMILES string of the molecule is COC(=O)CC[C@H](C)NC(=O)C12ON=C(c3cc(F)cc(F)c3)C1CCS2. The van der Waals surface area contributed by atoms with Gasteiger partial charge in [0.1, 0.15) is 11.6 Å². The highest BCUT2D eigenvalue weighted by atomic mass is 32.2. The molecule has 2 aliphatic heterocycles. The van der Waals surface area contributed by atoms with Crippen LogP contribution in [0, 0.1) is 17.6 Å². The minimum Gasteiger partial charge on any atom is -0.469 e. The Hall–Kier alpha value is -2.16. The van der Waals surface area contributed by atoms with Gasteiger partial charge in [-0.2, -0.15) is 0 Å². The third-order valence-electron chi connectivity index (χ3n) is 4.65. The molecule has 6 nitrogen and oxygen atoms in total. The van der Waals surface area contributed by atoms with Crippen molar-refractivity contribution in [1.29, 1.82) is 0 Å². The molecule has 3 rings (SSSR count). The Kier molecular flexibility index (Phi) is 5.69. The second kappa shape index (κ2) is 7.84. The van der Waals surface area contributed by atoms with Crippen LogP contribution < -0.4 is 5.32 Å². The van der Waals surface area contributed by atoms with Crippen molar-refractivity contribution in [3.05, 3.63) is 35.4 Å². The first-order valence-corrected chi connectivity index (χ1v) is 9.58. The number of thioether (sulfide) groups is 1. The van der Waals surface area contributed by atoms with Gasteiger partial charge in [-0.15, -0.1) is 11.8 Å². The Morgan fingerprint density at radius 1 is 1.41 bits per heavy atom. The summed E-state index contributed by atoms with van der Waals surface area (Å²) in [6.45, 7) is 1.78. The van der Waals surface area contributed by atoms with E-state index in [1.54, 1.807) is 6.92 Å². The summed E-state index contributed by atoms with van der Waals surface area (Å²) >= 11 is 1.32. The Bertz CT molecular complexity index is 768. The summed E-state index contributed by atoms with van der Waals surface area (Å²) in [6, 6.07) is 2.88. The van der Waals surface area contributed by atoms with Crippen LogP contribution in [0.2, 0.25) is 0 Å². The average Bonchev–Trinajstić information content (AvgIpc) is 3.18. The lowest BCUT2D eigenvalue weighted by molar-refractivity contribution is -0.141. The maximum Gasteiger partial charge on any atom is 0.305 e. The summed E-state index contributed by atoms with van der Waals surface area (Å²) in [7, 11) is 1.31. The molecule has 1 saturated heterocycles. The van der Waals surface area contributed by atoms with Crippen LogP contribution in [0.25, 0.3) is 0 Å². The molecule has 0 aromatic heterocycles. The zero-order valence-electron chi connectivity index (χ0n) is 15.0. The molecule has 0 saturated carbocycles. The van der Waals surface area contributed by atoms with Gasteiger partial charge in [-0.05, 0) is 37.7 Å². The third kappa shape index (κ3) is 3.92. The van der Waals surface area contributed by atoms with E-state index >= 15 is 0 Å². The summed E-state index contributed by atoms with van der Waals surface area (Å²) in [5, 5.41) is 6.83. The first-order chi connectivity index (χ1) is 12.9. The first kappa shape index (κ1) is 19.6. The van der Waals surface area contributed by atoms with E-state index in [4.69, 9.17) is 4.84 Å². The van der Waals surface area contributed by atoms with Crippen molar-refractivity contribution in [1.82, 2.24) is 5.32 Å². The predicted molar refractivity (Wildman–Crippen MR) is 96.1 cm³/mol. The molecule has 9 heteroatoms. The lowest BCUT2D eigenvalue weighted by Crippen LogP contribution is -2.50. The minimum atomic E-state index is -1.25. The van der Waals surface area contributed by atoms with Crippen LogP contribution in [-0.4, -0.2) is 41.4 Å². The van der Waals surface area contributed by atoms with Crippen LogP contribution in [0.4, 0.5) is 8.78 Å². The quantitative estimate of drug-likeness (QED) is 0.746. The van der Waals surface area contributed by atoms with Gasteiger partial charge in [-0.25, -0.2) is 8.78 Å². The van der Waals surface area contributed by atoms with Gasteiger partial charge in [0.2, 0.25) is 0 Å². The number of nitrogens with one attached hydrogen (secondary N) is 1. The molecule has 2 aliphatic rings. The highest BCUT2D eigenvalue weighted by Crippen LogP contribution is 2.49. The largest absolute Gasteiger partial charge is 0.469 e. The van der Waals surface area contributed by atoms with E-state index in [2.05, 4.69) is 15.2 Å². The second-order valence-electron chi connectivity index (χ2n) is 6.57. The van der Waals surface area contributed by atoms with Crippen molar-refractivity contribution in [2.24, 2.45) is 11.1 Å². The number of amides is 1. The standard InChI is InChI=1S/C18H20F2N2O4S/c1-10(3-4-15(23)25-2)21-17(24)18-14(5-6-27-18)16(22-26-18)11-7-12(19)9-13(20)8-11/h7-10,14H,3-6H2,1-2H3,(H,21,24)/t10-,14?,18?/m0/s1. The fourth-order valence-corrected chi connectivity index (χ4v) is 4.63. The Balaban J connectivity index is 1.72. The van der Waals surface area contributed by atoms with Crippen LogP contribution >= 0.6 is 11.8 Å². The van der Waals surface area contributed by atoms with E-state index in [1.165, 1.54) is 31.0 Å². The number of methoxy groups -OCH3 is 1. The summed E-state index contributed by atoms with van der Waals surface area (Å²) < 4.78 is 31.7. The molecule has 27 heavy (non-hydrogen) atoms. The maximum atomic E-state index is 13.6. The molecule has 1 aromatic carbocycles. The molecule has 3 atom stereocenters. The van der Waals surface area contributed by atoms with E-state index in [1.807, 2.05) is 0 Å². The van der Waals surface area contributed by atoms with Gasteiger partial charge in [-0.1, -0.05) is 5.16 Å². The molecule has 0 radical (unpaired) electrons. The van der Waals surface area contributed by atoms with Crippen LogP contribution in [-0.2, 0) is 19.2 Å². The van der Waals surface area contributed by atoms with Gasteiger partial charge in [-0.3, -0.25) is 9.59 Å². The van der Waals surface area contributed by atoms with E-state index in [0.717, 1.165) is 6.07 Å². The fourth-order valence-electron chi connectivity index (χ4n) is 3.26. The number of rotatable bonds is 6. The number of ether oxygens (including phenoxy) is 1. The smallest absolute Gasteiger partial charge is 0.305 e. The van der Waals surface area contributed by atoms with Crippen molar-refractivity contribution >= 4 is 29.4 Å². The first-order valence-electron chi connectivity index (χ1n) is 8.60. The van der Waals surface area contributed by atoms with Crippen LogP contribution in [0.15, 0.2) is 23.4 Å². The summed E-state index contributed by atoms with van der Waals surface area (Å²) in [5.41, 5.74) is 0.643. The summed E-state index contributed by atoms with van der Waals surface area (Å²) in [6.07, 6.45) is 1.21. The lowest BCUT2D eigenvalue weighted by atomic mass is 9.89. The van der Waals surface area contributed by atoms with Crippen molar-refractivity contribution in [2.45, 2.75) is 37.2 Å². The number of hydrogen-bond donors (Lipinski definition) is 1. The Morgan fingerprint density at radius 2 is 2.11 bits per heavy atom. The molecule has 146 valence electrons. The van der Waals surface area contributed by atoms with Gasteiger partial charge >= 0.3 is 5.97 Å². The van der Waals surface area contributed by atoms with Crippen molar-refractivity contribution in [3.8, 4) is 0 Å². The number of carbonyl (C=O) groups excluding carboxylic acids is 2. The maximum absolute atomic E-state index is 13.6. The number of benzene rings is 1. The van der Waals surface area contributed by atoms with E-state index in [9.17, 15) is 18.4 Å². The van der Waals surface area contributed by atoms with Crippen molar-refractivity contribution in [2.75, 3.05) is 12.9 Å². The summed E-state index contributed by atoms with van der Waals surface area (Å²) in [5.74, 6) is -1.88. The molecule has 0 aliphatic carbocycles. The Morgan fingerprint density at radius 3 is 2.78 bits per heavy atom. The average molecular weight is 398 g/mol. The molecule has 2 unspecified atom stereocenters. The van der Waals surface area contributed by atoms with Gasteiger partial charge in [0.25, 0.3) is 10.8 Å².